The molecule has 0 spiro atoms. The van der Waals surface area contributed by atoms with Gasteiger partial charge in [0, 0.05) is 43.3 Å². The molecule has 0 aromatic carbocycles. The highest BCUT2D eigenvalue weighted by molar-refractivity contribution is 5.14. The largest absolute Gasteiger partial charge is 0.310 e. The van der Waals surface area contributed by atoms with Crippen LogP contribution in [-0.4, -0.2) is 16.5 Å². The van der Waals surface area contributed by atoms with Crippen LogP contribution >= 0.6 is 0 Å². The number of hydrogen-bond acceptors (Lipinski definition) is 3. The molecule has 0 saturated carbocycles. The number of rotatable bonds is 5. The van der Waals surface area contributed by atoms with Gasteiger partial charge in [-0.3, -0.25) is 9.97 Å². The Bertz CT molecular complexity index is 428. The van der Waals surface area contributed by atoms with E-state index in [0.29, 0.717) is 6.04 Å². The first-order chi connectivity index (χ1) is 8.36. The van der Waals surface area contributed by atoms with Crippen LogP contribution in [0.2, 0.25) is 0 Å². The maximum atomic E-state index is 4.30. The van der Waals surface area contributed by atoms with E-state index in [4.69, 9.17) is 0 Å². The van der Waals surface area contributed by atoms with Crippen LogP contribution in [0, 0.1) is 0 Å². The van der Waals surface area contributed by atoms with Gasteiger partial charge < -0.3 is 5.32 Å². The molecule has 17 heavy (non-hydrogen) atoms. The maximum Gasteiger partial charge on any atom is 0.0416 e. The fraction of sp³-hybridized carbons (Fsp3) is 0.286. The lowest BCUT2D eigenvalue weighted by Crippen LogP contribution is -2.21. The second-order valence-corrected chi connectivity index (χ2v) is 4.03. The molecule has 0 bridgehead atoms. The Morgan fingerprint density at radius 3 is 2.65 bits per heavy atom. The average molecular weight is 227 g/mol. The smallest absolute Gasteiger partial charge is 0.0416 e. The summed E-state index contributed by atoms with van der Waals surface area (Å²) < 4.78 is 0. The second kappa shape index (κ2) is 6.11. The van der Waals surface area contributed by atoms with Gasteiger partial charge in [-0.1, -0.05) is 6.07 Å². The molecular weight excluding hydrogens is 210 g/mol. The van der Waals surface area contributed by atoms with E-state index >= 15 is 0 Å². The number of hydrogen-bond donors (Lipinski definition) is 1. The number of pyridine rings is 2. The van der Waals surface area contributed by atoms with Crippen molar-refractivity contribution in [2.24, 2.45) is 0 Å². The summed E-state index contributed by atoms with van der Waals surface area (Å²) in [6.07, 6.45) is 6.44. The molecule has 2 heterocycles. The number of nitrogens with zero attached hydrogens (tertiary/aromatic N) is 2. The molecule has 3 nitrogen and oxygen atoms in total. The third kappa shape index (κ3) is 3.64. The van der Waals surface area contributed by atoms with Crippen molar-refractivity contribution >= 4 is 0 Å². The molecule has 1 atom stereocenters. The molecule has 3 heteroatoms. The third-order valence-corrected chi connectivity index (χ3v) is 2.76. The van der Waals surface area contributed by atoms with E-state index in [0.717, 1.165) is 18.7 Å². The monoisotopic (exact) mass is 227 g/mol. The molecule has 0 aliphatic carbocycles. The summed E-state index contributed by atoms with van der Waals surface area (Å²) in [5.41, 5.74) is 2.39. The summed E-state index contributed by atoms with van der Waals surface area (Å²) >= 11 is 0. The van der Waals surface area contributed by atoms with Gasteiger partial charge >= 0.3 is 0 Å². The Hall–Kier alpha value is -1.74. The molecular formula is C14H17N3. The zero-order chi connectivity index (χ0) is 11.9. The van der Waals surface area contributed by atoms with Crippen LogP contribution in [0.15, 0.2) is 48.9 Å². The second-order valence-electron chi connectivity index (χ2n) is 4.03. The summed E-state index contributed by atoms with van der Waals surface area (Å²) in [5.74, 6) is 0. The standard InChI is InChI=1S/C14H17N3/c1-12(13-5-9-15-10-6-13)16-11-7-14-4-2-3-8-17-14/h2-6,8-10,12,16H,7,11H2,1H3. The lowest BCUT2D eigenvalue weighted by atomic mass is 10.1. The quantitative estimate of drug-likeness (QED) is 0.852. The van der Waals surface area contributed by atoms with E-state index in [1.165, 1.54) is 5.56 Å². The zero-order valence-electron chi connectivity index (χ0n) is 10.0. The number of nitrogens with one attached hydrogen (secondary N) is 1. The van der Waals surface area contributed by atoms with Gasteiger partial charge in [0.15, 0.2) is 0 Å². The first-order valence-corrected chi connectivity index (χ1v) is 5.89. The molecule has 0 radical (unpaired) electrons. The van der Waals surface area contributed by atoms with Gasteiger partial charge in [-0.25, -0.2) is 0 Å². The first-order valence-electron chi connectivity index (χ1n) is 5.89. The van der Waals surface area contributed by atoms with Crippen molar-refractivity contribution in [1.82, 2.24) is 15.3 Å². The lowest BCUT2D eigenvalue weighted by Gasteiger charge is -2.13. The van der Waals surface area contributed by atoms with Gasteiger partial charge in [0.25, 0.3) is 0 Å². The highest BCUT2D eigenvalue weighted by Gasteiger charge is 2.03. The van der Waals surface area contributed by atoms with Crippen LogP contribution in [0.25, 0.3) is 0 Å². The van der Waals surface area contributed by atoms with Crippen LogP contribution in [0.4, 0.5) is 0 Å². The summed E-state index contributed by atoms with van der Waals surface area (Å²) in [7, 11) is 0. The van der Waals surface area contributed by atoms with Gasteiger partial charge in [0.05, 0.1) is 0 Å². The Morgan fingerprint density at radius 1 is 1.12 bits per heavy atom. The molecule has 1 unspecified atom stereocenters. The molecule has 1 N–H and O–H groups in total. The molecule has 2 rings (SSSR count). The minimum absolute atomic E-state index is 0.349. The molecule has 0 aliphatic rings. The van der Waals surface area contributed by atoms with Crippen molar-refractivity contribution in [3.63, 3.8) is 0 Å². The predicted molar refractivity (Wildman–Crippen MR) is 68.6 cm³/mol. The van der Waals surface area contributed by atoms with Crippen LogP contribution in [0.3, 0.4) is 0 Å². The summed E-state index contributed by atoms with van der Waals surface area (Å²) in [5, 5.41) is 3.48. The molecule has 0 saturated heterocycles. The van der Waals surface area contributed by atoms with Crippen molar-refractivity contribution in [1.29, 1.82) is 0 Å². The summed E-state index contributed by atoms with van der Waals surface area (Å²) in [6.45, 7) is 3.09. The maximum absolute atomic E-state index is 4.30. The van der Waals surface area contributed by atoms with Crippen molar-refractivity contribution in [2.45, 2.75) is 19.4 Å². The summed E-state index contributed by atoms with van der Waals surface area (Å²) in [4.78, 5) is 8.32. The fourth-order valence-electron chi connectivity index (χ4n) is 1.73. The van der Waals surface area contributed by atoms with Crippen LogP contribution in [-0.2, 0) is 6.42 Å². The summed E-state index contributed by atoms with van der Waals surface area (Å²) in [6, 6.07) is 10.4. The Kier molecular flexibility index (Phi) is 4.22. The highest BCUT2D eigenvalue weighted by atomic mass is 14.9. The van der Waals surface area contributed by atoms with E-state index in [9.17, 15) is 0 Å². The normalized spacial score (nSPS) is 12.3. The van der Waals surface area contributed by atoms with Gasteiger partial charge in [-0.15, -0.1) is 0 Å². The van der Waals surface area contributed by atoms with E-state index in [2.05, 4.69) is 28.3 Å². The van der Waals surface area contributed by atoms with Crippen LogP contribution in [0.5, 0.6) is 0 Å². The van der Waals surface area contributed by atoms with Crippen LogP contribution in [0.1, 0.15) is 24.2 Å². The first kappa shape index (κ1) is 11.7. The van der Waals surface area contributed by atoms with Gasteiger partial charge in [0.1, 0.15) is 0 Å². The van der Waals surface area contributed by atoms with Crippen molar-refractivity contribution < 1.29 is 0 Å². The molecule has 0 fully saturated rings. The van der Waals surface area contributed by atoms with Crippen molar-refractivity contribution in [3.8, 4) is 0 Å². The molecule has 88 valence electrons. The minimum Gasteiger partial charge on any atom is -0.310 e. The lowest BCUT2D eigenvalue weighted by molar-refractivity contribution is 0.573. The van der Waals surface area contributed by atoms with Gasteiger partial charge in [0.2, 0.25) is 0 Å². The van der Waals surface area contributed by atoms with Crippen LogP contribution < -0.4 is 5.32 Å². The van der Waals surface area contributed by atoms with Crippen molar-refractivity contribution in [3.05, 3.63) is 60.2 Å². The van der Waals surface area contributed by atoms with E-state index in [1.54, 1.807) is 0 Å². The minimum atomic E-state index is 0.349. The van der Waals surface area contributed by atoms with Gasteiger partial charge in [-0.2, -0.15) is 0 Å². The zero-order valence-corrected chi connectivity index (χ0v) is 10.0. The molecule has 0 amide bonds. The fourth-order valence-corrected chi connectivity index (χ4v) is 1.73. The van der Waals surface area contributed by atoms with E-state index in [-0.39, 0.29) is 0 Å². The highest BCUT2D eigenvalue weighted by Crippen LogP contribution is 2.09. The number of aromatic nitrogens is 2. The van der Waals surface area contributed by atoms with Crippen molar-refractivity contribution in [2.75, 3.05) is 6.54 Å². The Labute approximate surface area is 102 Å². The Balaban J connectivity index is 1.79. The predicted octanol–water partition coefficient (Wildman–Crippen LogP) is 2.37. The van der Waals surface area contributed by atoms with Gasteiger partial charge in [-0.05, 0) is 36.8 Å². The van der Waals surface area contributed by atoms with E-state index in [1.807, 2.05) is 42.9 Å². The Morgan fingerprint density at radius 2 is 1.94 bits per heavy atom. The third-order valence-electron chi connectivity index (χ3n) is 2.76. The molecule has 2 aromatic heterocycles. The molecule has 0 aliphatic heterocycles. The average Bonchev–Trinajstić information content (AvgIpc) is 2.41. The SMILES string of the molecule is CC(NCCc1ccccn1)c1ccncc1. The van der Waals surface area contributed by atoms with E-state index < -0.39 is 0 Å². The molecule has 2 aromatic rings. The topological polar surface area (TPSA) is 37.8 Å².